The first-order valence-electron chi connectivity index (χ1n) is 11.8. The Bertz CT molecular complexity index is 1530. The van der Waals surface area contributed by atoms with Gasteiger partial charge in [0.2, 0.25) is 0 Å². The molecule has 182 valence electrons. The number of methoxy groups -OCH3 is 1. The van der Waals surface area contributed by atoms with E-state index < -0.39 is 5.69 Å². The van der Waals surface area contributed by atoms with Gasteiger partial charge in [0.1, 0.15) is 21.7 Å². The Morgan fingerprint density at radius 3 is 2.97 bits per heavy atom. The Hall–Kier alpha value is -2.88. The molecule has 1 saturated heterocycles. The molecule has 0 unspecified atom stereocenters. The molecular weight excluding hydrogens is 488 g/mol. The van der Waals surface area contributed by atoms with Crippen LogP contribution in [0.5, 0.6) is 11.5 Å². The van der Waals surface area contributed by atoms with Crippen LogP contribution in [0.4, 0.5) is 0 Å². The highest BCUT2D eigenvalue weighted by atomic mass is 35.5. The Labute approximate surface area is 210 Å². The molecule has 2 aliphatic rings. The second-order valence-corrected chi connectivity index (χ2v) is 10.7. The van der Waals surface area contributed by atoms with E-state index in [0.717, 1.165) is 55.3 Å². The molecule has 0 aliphatic carbocycles. The minimum Gasteiger partial charge on any atom is -0.496 e. The molecule has 0 radical (unpaired) electrons. The van der Waals surface area contributed by atoms with Crippen LogP contribution in [-0.2, 0) is 6.54 Å². The predicted octanol–water partition coefficient (Wildman–Crippen LogP) is 3.85. The lowest BCUT2D eigenvalue weighted by Crippen LogP contribution is -2.34. The number of likely N-dealkylation sites (tertiary alicyclic amines) is 1. The smallest absolute Gasteiger partial charge is 0.328 e. The van der Waals surface area contributed by atoms with E-state index in [9.17, 15) is 9.59 Å². The lowest BCUT2D eigenvalue weighted by atomic mass is 9.86. The summed E-state index contributed by atoms with van der Waals surface area (Å²) in [6, 6.07) is 7.75. The summed E-state index contributed by atoms with van der Waals surface area (Å²) in [4.78, 5) is 35.3. The third-order valence-electron chi connectivity index (χ3n) is 7.10. The topological polar surface area (TPSA) is 89.5 Å². The lowest BCUT2D eigenvalue weighted by molar-refractivity contribution is 0.209. The first kappa shape index (κ1) is 22.6. The average molecular weight is 513 g/mol. The summed E-state index contributed by atoms with van der Waals surface area (Å²) in [5, 5.41) is 0.502. The molecule has 35 heavy (non-hydrogen) atoms. The number of halogens is 1. The molecule has 0 saturated carbocycles. The summed E-state index contributed by atoms with van der Waals surface area (Å²) >= 11 is 7.35. The summed E-state index contributed by atoms with van der Waals surface area (Å²) in [7, 11) is 1.71. The number of thiophene rings is 1. The van der Waals surface area contributed by atoms with Crippen molar-refractivity contribution in [3.63, 3.8) is 0 Å². The number of H-pyrrole nitrogens is 1. The minimum atomic E-state index is -0.396. The molecule has 6 rings (SSSR count). The van der Waals surface area contributed by atoms with Crippen molar-refractivity contribution in [2.45, 2.75) is 25.3 Å². The summed E-state index contributed by atoms with van der Waals surface area (Å²) in [5.41, 5.74) is 1.61. The average Bonchev–Trinajstić information content (AvgIpc) is 3.43. The van der Waals surface area contributed by atoms with E-state index in [1.165, 1.54) is 27.7 Å². The maximum Gasteiger partial charge on any atom is 0.328 e. The number of aromatic amines is 1. The predicted molar refractivity (Wildman–Crippen MR) is 137 cm³/mol. The molecule has 8 nitrogen and oxygen atoms in total. The normalized spacial score (nSPS) is 19.6. The van der Waals surface area contributed by atoms with E-state index in [1.807, 2.05) is 18.2 Å². The number of rotatable bonds is 6. The molecule has 1 N–H and O–H groups in total. The SMILES string of the molecule is COc1cccc2c1[C@@H]1CN(CCCCn3c(=O)[nH]c4c(sc5cc(Cl)cnc54)c3=O)C[C@H]1CO2. The number of nitrogens with one attached hydrogen (secondary N) is 1. The molecule has 2 atom stereocenters. The van der Waals surface area contributed by atoms with Crippen LogP contribution in [-0.4, -0.2) is 52.8 Å². The molecule has 1 fully saturated rings. The van der Waals surface area contributed by atoms with Crippen LogP contribution in [0.2, 0.25) is 5.02 Å². The van der Waals surface area contributed by atoms with Crippen molar-refractivity contribution in [1.82, 2.24) is 19.4 Å². The van der Waals surface area contributed by atoms with Crippen LogP contribution < -0.4 is 20.7 Å². The van der Waals surface area contributed by atoms with Gasteiger partial charge in [0.25, 0.3) is 5.56 Å². The maximum atomic E-state index is 13.1. The first-order valence-corrected chi connectivity index (χ1v) is 13.0. The Morgan fingerprint density at radius 2 is 2.11 bits per heavy atom. The monoisotopic (exact) mass is 512 g/mol. The van der Waals surface area contributed by atoms with Gasteiger partial charge in [0.05, 0.1) is 29.0 Å². The zero-order valence-corrected chi connectivity index (χ0v) is 20.8. The van der Waals surface area contributed by atoms with Crippen molar-refractivity contribution in [3.05, 3.63) is 61.9 Å². The summed E-state index contributed by atoms with van der Waals surface area (Å²) in [6.45, 7) is 3.96. The molecule has 10 heteroatoms. The van der Waals surface area contributed by atoms with E-state index in [1.54, 1.807) is 13.2 Å². The Balaban J connectivity index is 1.13. The van der Waals surface area contributed by atoms with Crippen molar-refractivity contribution in [2.24, 2.45) is 5.92 Å². The fourth-order valence-corrected chi connectivity index (χ4v) is 6.78. The fraction of sp³-hybridized carbons (Fsp3) is 0.400. The zero-order chi connectivity index (χ0) is 24.1. The number of ether oxygens (including phenoxy) is 2. The quantitative estimate of drug-likeness (QED) is 0.395. The molecule has 0 bridgehead atoms. The summed E-state index contributed by atoms with van der Waals surface area (Å²) < 4.78 is 14.2. The lowest BCUT2D eigenvalue weighted by Gasteiger charge is -2.29. The van der Waals surface area contributed by atoms with E-state index in [0.29, 0.717) is 39.1 Å². The molecule has 3 aromatic heterocycles. The fourth-order valence-electron chi connectivity index (χ4n) is 5.45. The second-order valence-electron chi connectivity index (χ2n) is 9.21. The van der Waals surface area contributed by atoms with Crippen LogP contribution in [0.3, 0.4) is 0 Å². The van der Waals surface area contributed by atoms with E-state index >= 15 is 0 Å². The van der Waals surface area contributed by atoms with E-state index in [-0.39, 0.29) is 5.56 Å². The van der Waals surface area contributed by atoms with Crippen molar-refractivity contribution >= 4 is 43.4 Å². The van der Waals surface area contributed by atoms with Crippen LogP contribution in [0.15, 0.2) is 40.1 Å². The Kier molecular flexibility index (Phi) is 5.78. The number of unbranched alkanes of at least 4 members (excludes halogenated alkanes) is 1. The van der Waals surface area contributed by atoms with Gasteiger partial charge in [-0.3, -0.25) is 14.3 Å². The third kappa shape index (κ3) is 3.91. The highest BCUT2D eigenvalue weighted by Gasteiger charge is 2.40. The van der Waals surface area contributed by atoms with Gasteiger partial charge in [-0.05, 0) is 37.6 Å². The van der Waals surface area contributed by atoms with Gasteiger partial charge in [-0.1, -0.05) is 17.7 Å². The van der Waals surface area contributed by atoms with Crippen LogP contribution in [0, 0.1) is 5.92 Å². The van der Waals surface area contributed by atoms with Gasteiger partial charge in [0.15, 0.2) is 0 Å². The standard InChI is InChI=1S/C25H25ClN4O4S/c1-33-17-5-4-6-18-20(17)16-12-29(11-14(16)13-34-18)7-2-3-8-30-24(31)23-22(28-25(30)32)21-19(35-23)9-15(26)10-27-21/h4-6,9-10,14,16H,2-3,7-8,11-13H2,1H3,(H,28,32)/t14-,16+/m0/s1. The van der Waals surface area contributed by atoms with Crippen molar-refractivity contribution < 1.29 is 9.47 Å². The number of hydrogen-bond donors (Lipinski definition) is 1. The number of nitrogens with zero attached hydrogens (tertiary/aromatic N) is 3. The molecule has 2 aliphatic heterocycles. The molecule has 5 heterocycles. The van der Waals surface area contributed by atoms with Crippen molar-refractivity contribution in [3.8, 4) is 11.5 Å². The van der Waals surface area contributed by atoms with E-state index in [4.69, 9.17) is 21.1 Å². The summed E-state index contributed by atoms with van der Waals surface area (Å²) in [6.07, 6.45) is 3.16. The highest BCUT2D eigenvalue weighted by Crippen LogP contribution is 2.46. The zero-order valence-electron chi connectivity index (χ0n) is 19.3. The van der Waals surface area contributed by atoms with Gasteiger partial charge in [-0.25, -0.2) is 4.79 Å². The largest absolute Gasteiger partial charge is 0.496 e. The summed E-state index contributed by atoms with van der Waals surface area (Å²) in [5.74, 6) is 2.67. The molecule has 1 aromatic carbocycles. The highest BCUT2D eigenvalue weighted by molar-refractivity contribution is 7.25. The van der Waals surface area contributed by atoms with Gasteiger partial charge < -0.3 is 19.4 Å². The van der Waals surface area contributed by atoms with Crippen LogP contribution in [0.25, 0.3) is 20.4 Å². The molecular formula is C25H25ClN4O4S. The van der Waals surface area contributed by atoms with Crippen molar-refractivity contribution in [2.75, 3.05) is 33.4 Å². The number of hydrogen-bond acceptors (Lipinski definition) is 7. The number of fused-ring (bicyclic) bond motifs is 6. The van der Waals surface area contributed by atoms with Gasteiger partial charge in [-0.15, -0.1) is 11.3 Å². The first-order chi connectivity index (χ1) is 17.0. The minimum absolute atomic E-state index is 0.268. The number of benzene rings is 1. The van der Waals surface area contributed by atoms with Gasteiger partial charge in [-0.2, -0.15) is 0 Å². The Morgan fingerprint density at radius 1 is 1.26 bits per heavy atom. The number of aromatic nitrogens is 3. The molecule has 0 spiro atoms. The number of pyridine rings is 1. The third-order valence-corrected chi connectivity index (χ3v) is 8.42. The maximum absolute atomic E-state index is 13.1. The molecule has 4 aromatic rings. The van der Waals surface area contributed by atoms with Crippen molar-refractivity contribution in [1.29, 1.82) is 0 Å². The van der Waals surface area contributed by atoms with Crippen LogP contribution in [0.1, 0.15) is 24.3 Å². The van der Waals surface area contributed by atoms with Crippen LogP contribution >= 0.6 is 22.9 Å². The molecule has 0 amide bonds. The second kappa shape index (κ2) is 8.96. The van der Waals surface area contributed by atoms with Gasteiger partial charge >= 0.3 is 5.69 Å². The van der Waals surface area contributed by atoms with Gasteiger partial charge in [0, 0.05) is 43.2 Å². The van der Waals surface area contributed by atoms with E-state index in [2.05, 4.69) is 14.9 Å².